The van der Waals surface area contributed by atoms with Crippen molar-refractivity contribution in [1.29, 1.82) is 0 Å². The van der Waals surface area contributed by atoms with Gasteiger partial charge < -0.3 is 15.3 Å². The third-order valence-electron chi connectivity index (χ3n) is 2.58. The summed E-state index contributed by atoms with van der Waals surface area (Å²) in [5.74, 6) is -1.02. The summed E-state index contributed by atoms with van der Waals surface area (Å²) in [7, 11) is 1.63. The van der Waals surface area contributed by atoms with Crippen molar-refractivity contribution in [2.45, 2.75) is 32.9 Å². The Hall–Kier alpha value is -1.63. The van der Waals surface area contributed by atoms with Crippen molar-refractivity contribution in [3.8, 4) is 0 Å². The molecule has 0 saturated carbocycles. The van der Waals surface area contributed by atoms with E-state index in [1.807, 2.05) is 6.92 Å². The fraction of sp³-hybridized carbons (Fsp3) is 0.545. The molecule has 0 fully saturated rings. The van der Waals surface area contributed by atoms with Crippen LogP contribution in [0.15, 0.2) is 5.51 Å². The number of aryl methyl sites for hydroxylation is 1. The predicted molar refractivity (Wildman–Crippen MR) is 68.6 cm³/mol. The number of urea groups is 1. The summed E-state index contributed by atoms with van der Waals surface area (Å²) >= 11 is 1.48. The molecule has 0 bridgehead atoms. The van der Waals surface area contributed by atoms with E-state index in [0.29, 0.717) is 13.0 Å². The lowest BCUT2D eigenvalue weighted by Gasteiger charge is -2.20. The van der Waals surface area contributed by atoms with Crippen LogP contribution in [0.5, 0.6) is 0 Å². The van der Waals surface area contributed by atoms with E-state index in [9.17, 15) is 9.59 Å². The summed E-state index contributed by atoms with van der Waals surface area (Å²) < 4.78 is 0. The summed E-state index contributed by atoms with van der Waals surface area (Å²) in [6.45, 7) is 4.02. The summed E-state index contributed by atoms with van der Waals surface area (Å²) in [6, 6.07) is -1.24. The molecule has 0 aromatic carbocycles. The molecular weight excluding hydrogens is 254 g/mol. The zero-order valence-corrected chi connectivity index (χ0v) is 11.5. The Kier molecular flexibility index (Phi) is 5.08. The van der Waals surface area contributed by atoms with Crippen molar-refractivity contribution in [3.05, 3.63) is 16.1 Å². The first-order valence-corrected chi connectivity index (χ1v) is 6.47. The molecule has 7 heteroatoms. The fourth-order valence-corrected chi connectivity index (χ4v) is 2.19. The highest BCUT2D eigenvalue weighted by Gasteiger charge is 2.20. The van der Waals surface area contributed by atoms with Crippen LogP contribution >= 0.6 is 11.3 Å². The van der Waals surface area contributed by atoms with Crippen LogP contribution in [-0.4, -0.2) is 40.1 Å². The van der Waals surface area contributed by atoms with E-state index in [-0.39, 0.29) is 0 Å². The lowest BCUT2D eigenvalue weighted by Crippen LogP contribution is -2.46. The number of carboxylic acids is 1. The molecule has 1 aromatic rings. The molecule has 0 aliphatic carbocycles. The number of carboxylic acid groups (broad SMARTS) is 1. The Morgan fingerprint density at radius 1 is 1.61 bits per heavy atom. The number of hydrogen-bond acceptors (Lipinski definition) is 4. The zero-order valence-electron chi connectivity index (χ0n) is 10.6. The average Bonchev–Trinajstić information content (AvgIpc) is 2.71. The molecular formula is C11H17N3O3S. The van der Waals surface area contributed by atoms with Crippen LogP contribution < -0.4 is 5.32 Å². The molecule has 0 aliphatic heterocycles. The molecule has 18 heavy (non-hydrogen) atoms. The van der Waals surface area contributed by atoms with Crippen LogP contribution in [0.4, 0.5) is 4.79 Å². The Morgan fingerprint density at radius 2 is 2.28 bits per heavy atom. The van der Waals surface area contributed by atoms with E-state index in [1.165, 1.54) is 16.2 Å². The monoisotopic (exact) mass is 271 g/mol. The molecule has 6 nitrogen and oxygen atoms in total. The summed E-state index contributed by atoms with van der Waals surface area (Å²) in [4.78, 5) is 29.2. The lowest BCUT2D eigenvalue weighted by atomic mass is 10.2. The minimum atomic E-state index is -1.02. The summed E-state index contributed by atoms with van der Waals surface area (Å²) in [6.07, 6.45) is 0.356. The second kappa shape index (κ2) is 6.34. The molecule has 100 valence electrons. The van der Waals surface area contributed by atoms with E-state index >= 15 is 0 Å². The van der Waals surface area contributed by atoms with Gasteiger partial charge in [0, 0.05) is 11.9 Å². The first-order chi connectivity index (χ1) is 8.45. The van der Waals surface area contributed by atoms with E-state index < -0.39 is 18.0 Å². The van der Waals surface area contributed by atoms with Crippen molar-refractivity contribution >= 4 is 23.3 Å². The number of aliphatic carboxylic acids is 1. The van der Waals surface area contributed by atoms with Crippen molar-refractivity contribution < 1.29 is 14.7 Å². The first kappa shape index (κ1) is 14.4. The average molecular weight is 271 g/mol. The Balaban J connectivity index is 2.56. The minimum Gasteiger partial charge on any atom is -0.480 e. The first-order valence-electron chi connectivity index (χ1n) is 5.59. The van der Waals surface area contributed by atoms with Gasteiger partial charge in [-0.3, -0.25) is 0 Å². The number of rotatable bonds is 5. The second-order valence-corrected chi connectivity index (χ2v) is 4.90. The highest BCUT2D eigenvalue weighted by Crippen LogP contribution is 2.14. The van der Waals surface area contributed by atoms with Crippen molar-refractivity contribution in [1.82, 2.24) is 15.2 Å². The van der Waals surface area contributed by atoms with Crippen LogP contribution in [0, 0.1) is 6.92 Å². The van der Waals surface area contributed by atoms with Gasteiger partial charge in [0.05, 0.1) is 17.7 Å². The Morgan fingerprint density at radius 3 is 2.72 bits per heavy atom. The predicted octanol–water partition coefficient (Wildman–Crippen LogP) is 1.46. The normalized spacial score (nSPS) is 11.9. The number of amides is 2. The molecule has 0 radical (unpaired) electrons. The smallest absolute Gasteiger partial charge is 0.326 e. The van der Waals surface area contributed by atoms with Gasteiger partial charge in [-0.05, 0) is 13.3 Å². The maximum Gasteiger partial charge on any atom is 0.326 e. The van der Waals surface area contributed by atoms with Gasteiger partial charge in [-0.1, -0.05) is 6.92 Å². The molecule has 1 heterocycles. The largest absolute Gasteiger partial charge is 0.480 e. The van der Waals surface area contributed by atoms with Gasteiger partial charge in [0.2, 0.25) is 0 Å². The van der Waals surface area contributed by atoms with Crippen molar-refractivity contribution in [2.75, 3.05) is 7.05 Å². The van der Waals surface area contributed by atoms with E-state index in [0.717, 1.165) is 10.6 Å². The maximum absolute atomic E-state index is 11.8. The van der Waals surface area contributed by atoms with Crippen LogP contribution in [-0.2, 0) is 11.3 Å². The number of carbonyl (C=O) groups is 2. The van der Waals surface area contributed by atoms with Gasteiger partial charge in [0.15, 0.2) is 0 Å². The van der Waals surface area contributed by atoms with Crippen molar-refractivity contribution in [2.24, 2.45) is 0 Å². The highest BCUT2D eigenvalue weighted by atomic mass is 32.1. The number of aromatic nitrogens is 1. The Bertz CT molecular complexity index is 433. The quantitative estimate of drug-likeness (QED) is 0.849. The standard InChI is InChI=1S/C11H17N3O3S/c1-4-8(10(15)16)13-11(17)14(3)5-9-7(2)12-6-18-9/h6,8H,4-5H2,1-3H3,(H,13,17)(H,15,16)/t8-/m0/s1. The number of nitrogens with one attached hydrogen (secondary N) is 1. The molecule has 0 saturated heterocycles. The van der Waals surface area contributed by atoms with Crippen LogP contribution in [0.25, 0.3) is 0 Å². The van der Waals surface area contributed by atoms with Gasteiger partial charge in [-0.15, -0.1) is 11.3 Å². The molecule has 1 rings (SSSR count). The third-order valence-corrected chi connectivity index (χ3v) is 3.50. The SMILES string of the molecule is CC[C@H](NC(=O)N(C)Cc1scnc1C)C(=O)O. The highest BCUT2D eigenvalue weighted by molar-refractivity contribution is 7.09. The van der Waals surface area contributed by atoms with Gasteiger partial charge in [-0.2, -0.15) is 0 Å². The fourth-order valence-electron chi connectivity index (χ4n) is 1.36. The van der Waals surface area contributed by atoms with E-state index in [2.05, 4.69) is 10.3 Å². The van der Waals surface area contributed by atoms with Gasteiger partial charge in [-0.25, -0.2) is 14.6 Å². The topological polar surface area (TPSA) is 82.5 Å². The van der Waals surface area contributed by atoms with E-state index in [4.69, 9.17) is 5.11 Å². The summed E-state index contributed by atoms with van der Waals surface area (Å²) in [5, 5.41) is 11.3. The molecule has 1 aromatic heterocycles. The molecule has 0 aliphatic rings. The summed E-state index contributed by atoms with van der Waals surface area (Å²) in [5.41, 5.74) is 2.62. The van der Waals surface area contributed by atoms with Gasteiger partial charge in [0.1, 0.15) is 6.04 Å². The molecule has 0 unspecified atom stereocenters. The third kappa shape index (κ3) is 3.69. The van der Waals surface area contributed by atoms with Gasteiger partial charge in [0.25, 0.3) is 0 Å². The van der Waals surface area contributed by atoms with Crippen LogP contribution in [0.3, 0.4) is 0 Å². The second-order valence-electron chi connectivity index (χ2n) is 3.97. The Labute approximate surface area is 110 Å². The number of nitrogens with zero attached hydrogens (tertiary/aromatic N) is 2. The molecule has 2 amide bonds. The number of thiazole rings is 1. The van der Waals surface area contributed by atoms with Crippen molar-refractivity contribution in [3.63, 3.8) is 0 Å². The lowest BCUT2D eigenvalue weighted by molar-refractivity contribution is -0.139. The minimum absolute atomic E-state index is 0.356. The van der Waals surface area contributed by atoms with E-state index in [1.54, 1.807) is 19.5 Å². The molecule has 1 atom stereocenters. The number of carbonyl (C=O) groups excluding carboxylic acids is 1. The maximum atomic E-state index is 11.8. The van der Waals surface area contributed by atoms with Crippen LogP contribution in [0.2, 0.25) is 0 Å². The number of hydrogen-bond donors (Lipinski definition) is 2. The van der Waals surface area contributed by atoms with Gasteiger partial charge >= 0.3 is 12.0 Å². The van der Waals surface area contributed by atoms with Crippen LogP contribution in [0.1, 0.15) is 23.9 Å². The molecule has 0 spiro atoms. The zero-order chi connectivity index (χ0) is 13.7. The molecule has 2 N–H and O–H groups in total.